The van der Waals surface area contributed by atoms with Crippen molar-refractivity contribution in [3.05, 3.63) is 48.6 Å². The molecular weight excluding hydrogens is 276 g/mol. The third kappa shape index (κ3) is 2.52. The van der Waals surface area contributed by atoms with E-state index < -0.39 is 0 Å². The molecule has 0 unspecified atom stereocenters. The van der Waals surface area contributed by atoms with Crippen molar-refractivity contribution in [1.82, 2.24) is 29.9 Å². The van der Waals surface area contributed by atoms with Gasteiger partial charge in [0.15, 0.2) is 0 Å². The minimum Gasteiger partial charge on any atom is -0.346 e. The highest BCUT2D eigenvalue weighted by Gasteiger charge is 2.00. The number of nitrogens with zero attached hydrogens (tertiary/aromatic N) is 4. The van der Waals surface area contributed by atoms with Crippen LogP contribution in [0.15, 0.2) is 37.4 Å². The second-order valence-corrected chi connectivity index (χ2v) is 4.58. The fraction of sp³-hybridized carbons (Fsp3) is 0.125. The van der Waals surface area contributed by atoms with Crippen LogP contribution >= 0.6 is 0 Å². The zero-order valence-corrected chi connectivity index (χ0v) is 12.0. The van der Waals surface area contributed by atoms with Gasteiger partial charge < -0.3 is 9.97 Å². The highest BCUT2D eigenvalue weighted by molar-refractivity contribution is 5.81. The first-order chi connectivity index (χ1) is 10.8. The average Bonchev–Trinajstić information content (AvgIpc) is 3.19. The molecule has 6 heteroatoms. The van der Waals surface area contributed by atoms with Gasteiger partial charge in [0.2, 0.25) is 0 Å². The van der Waals surface area contributed by atoms with E-state index in [4.69, 9.17) is 6.42 Å². The molecule has 0 aliphatic carbocycles. The van der Waals surface area contributed by atoms with Crippen molar-refractivity contribution in [3.63, 3.8) is 0 Å². The number of aromatic nitrogens is 6. The van der Waals surface area contributed by atoms with Crippen LogP contribution in [0.1, 0.15) is 18.1 Å². The number of aromatic amines is 2. The van der Waals surface area contributed by atoms with Gasteiger partial charge in [-0.15, -0.1) is 6.42 Å². The van der Waals surface area contributed by atoms with Crippen molar-refractivity contribution < 1.29 is 0 Å². The number of hydrogen-bond acceptors (Lipinski definition) is 4. The summed E-state index contributed by atoms with van der Waals surface area (Å²) in [5.41, 5.74) is 3.80. The van der Waals surface area contributed by atoms with Gasteiger partial charge in [-0.05, 0) is 12.0 Å². The standard InChI is InChI=1S/C8H9N3.C8H5N3/c2*1-2-6-3-10-8-7(6)4-9-5-11-8/h3-5H,2H2,1H3,(H,9,10,11);1,3-5H,(H,9,10,11). The molecule has 0 aromatic carbocycles. The van der Waals surface area contributed by atoms with Crippen LogP contribution in [0.3, 0.4) is 0 Å². The topological polar surface area (TPSA) is 83.1 Å². The van der Waals surface area contributed by atoms with Gasteiger partial charge in [-0.2, -0.15) is 0 Å². The third-order valence-electron chi connectivity index (χ3n) is 3.33. The number of nitrogens with one attached hydrogen (secondary N) is 2. The van der Waals surface area contributed by atoms with E-state index >= 15 is 0 Å². The highest BCUT2D eigenvalue weighted by Crippen LogP contribution is 2.14. The Morgan fingerprint density at radius 1 is 1.00 bits per heavy atom. The molecule has 4 rings (SSSR count). The summed E-state index contributed by atoms with van der Waals surface area (Å²) in [6.45, 7) is 2.12. The quantitative estimate of drug-likeness (QED) is 0.527. The van der Waals surface area contributed by atoms with Crippen LogP contribution in [-0.4, -0.2) is 29.9 Å². The van der Waals surface area contributed by atoms with Crippen molar-refractivity contribution in [1.29, 1.82) is 0 Å². The van der Waals surface area contributed by atoms with E-state index in [1.54, 1.807) is 18.7 Å². The monoisotopic (exact) mass is 290 g/mol. The lowest BCUT2D eigenvalue weighted by Gasteiger charge is -1.89. The summed E-state index contributed by atoms with van der Waals surface area (Å²) in [4.78, 5) is 21.9. The van der Waals surface area contributed by atoms with E-state index in [-0.39, 0.29) is 0 Å². The first-order valence-corrected chi connectivity index (χ1v) is 6.83. The van der Waals surface area contributed by atoms with Crippen molar-refractivity contribution in [2.24, 2.45) is 0 Å². The van der Waals surface area contributed by atoms with Gasteiger partial charge in [0.05, 0.1) is 10.9 Å². The summed E-state index contributed by atoms with van der Waals surface area (Å²) in [5.74, 6) is 2.54. The van der Waals surface area contributed by atoms with E-state index in [1.807, 2.05) is 12.4 Å². The molecule has 6 nitrogen and oxygen atoms in total. The van der Waals surface area contributed by atoms with E-state index in [0.717, 1.165) is 34.1 Å². The zero-order valence-electron chi connectivity index (χ0n) is 12.0. The normalized spacial score (nSPS) is 10.2. The Kier molecular flexibility index (Phi) is 3.79. The summed E-state index contributed by atoms with van der Waals surface area (Å²) >= 11 is 0. The molecule has 4 heterocycles. The van der Waals surface area contributed by atoms with Crippen LogP contribution in [0.4, 0.5) is 0 Å². The molecule has 4 aromatic heterocycles. The van der Waals surface area contributed by atoms with Gasteiger partial charge in [-0.25, -0.2) is 19.9 Å². The number of terminal acetylenes is 1. The van der Waals surface area contributed by atoms with Gasteiger partial charge in [-0.1, -0.05) is 12.8 Å². The SMILES string of the molecule is C#Cc1c[nH]c2ncncc12.CCc1c[nH]c2ncncc12. The average molecular weight is 290 g/mol. The van der Waals surface area contributed by atoms with Crippen LogP contribution in [0.5, 0.6) is 0 Å². The smallest absolute Gasteiger partial charge is 0.141 e. The molecule has 0 saturated carbocycles. The number of aryl methyl sites for hydroxylation is 1. The molecule has 0 bridgehead atoms. The van der Waals surface area contributed by atoms with Crippen LogP contribution < -0.4 is 0 Å². The Labute approximate surface area is 127 Å². The van der Waals surface area contributed by atoms with E-state index in [0.29, 0.717) is 0 Å². The van der Waals surface area contributed by atoms with Crippen LogP contribution in [0, 0.1) is 12.3 Å². The summed E-state index contributed by atoms with van der Waals surface area (Å²) in [7, 11) is 0. The Balaban J connectivity index is 0.000000131. The Hall–Kier alpha value is -3.20. The minimum absolute atomic E-state index is 0.785. The van der Waals surface area contributed by atoms with E-state index in [9.17, 15) is 0 Å². The molecule has 0 spiro atoms. The van der Waals surface area contributed by atoms with Crippen molar-refractivity contribution >= 4 is 22.1 Å². The largest absolute Gasteiger partial charge is 0.346 e. The molecule has 0 atom stereocenters. The summed E-state index contributed by atoms with van der Waals surface area (Å²) in [5, 5.41) is 2.03. The lowest BCUT2D eigenvalue weighted by Crippen LogP contribution is -1.79. The maximum atomic E-state index is 5.23. The zero-order chi connectivity index (χ0) is 15.4. The van der Waals surface area contributed by atoms with Crippen molar-refractivity contribution in [3.8, 4) is 12.3 Å². The summed E-state index contributed by atoms with van der Waals surface area (Å²) in [6, 6.07) is 0. The number of rotatable bonds is 1. The van der Waals surface area contributed by atoms with Gasteiger partial charge in [0, 0.05) is 30.2 Å². The molecule has 0 aliphatic heterocycles. The molecule has 22 heavy (non-hydrogen) atoms. The highest BCUT2D eigenvalue weighted by atomic mass is 14.9. The number of H-pyrrole nitrogens is 2. The van der Waals surface area contributed by atoms with Gasteiger partial charge in [-0.3, -0.25) is 0 Å². The third-order valence-corrected chi connectivity index (χ3v) is 3.33. The molecule has 4 aromatic rings. The van der Waals surface area contributed by atoms with Gasteiger partial charge in [0.25, 0.3) is 0 Å². The molecule has 0 aliphatic rings. The molecule has 2 N–H and O–H groups in total. The van der Waals surface area contributed by atoms with Crippen LogP contribution in [0.25, 0.3) is 22.1 Å². The second kappa shape index (κ2) is 6.06. The molecule has 0 fully saturated rings. The Morgan fingerprint density at radius 3 is 2.32 bits per heavy atom. The predicted molar refractivity (Wildman–Crippen MR) is 85.1 cm³/mol. The minimum atomic E-state index is 0.785. The van der Waals surface area contributed by atoms with Gasteiger partial charge in [0.1, 0.15) is 23.9 Å². The van der Waals surface area contributed by atoms with Crippen LogP contribution in [0.2, 0.25) is 0 Å². The second-order valence-electron chi connectivity index (χ2n) is 4.58. The van der Waals surface area contributed by atoms with Crippen molar-refractivity contribution in [2.75, 3.05) is 0 Å². The van der Waals surface area contributed by atoms with Crippen molar-refractivity contribution in [2.45, 2.75) is 13.3 Å². The summed E-state index contributed by atoms with van der Waals surface area (Å²) < 4.78 is 0. The lowest BCUT2D eigenvalue weighted by molar-refractivity contribution is 1.15. The first-order valence-electron chi connectivity index (χ1n) is 6.83. The van der Waals surface area contributed by atoms with E-state index in [2.05, 4.69) is 42.7 Å². The molecule has 0 amide bonds. The first kappa shape index (κ1) is 13.8. The Morgan fingerprint density at radius 2 is 1.64 bits per heavy atom. The maximum absolute atomic E-state index is 5.23. The molecule has 0 radical (unpaired) electrons. The lowest BCUT2D eigenvalue weighted by atomic mass is 10.2. The summed E-state index contributed by atoms with van der Waals surface area (Å²) in [6.07, 6.45) is 16.6. The van der Waals surface area contributed by atoms with Crippen LogP contribution in [-0.2, 0) is 6.42 Å². The fourth-order valence-corrected chi connectivity index (χ4v) is 2.18. The maximum Gasteiger partial charge on any atom is 0.141 e. The predicted octanol–water partition coefficient (Wildman–Crippen LogP) is 2.46. The Bertz CT molecular complexity index is 944. The number of hydrogen-bond donors (Lipinski definition) is 2. The van der Waals surface area contributed by atoms with Gasteiger partial charge >= 0.3 is 0 Å². The molecule has 108 valence electrons. The molecule has 0 saturated heterocycles. The van der Waals surface area contributed by atoms with E-state index in [1.165, 1.54) is 11.9 Å². The molecular formula is C16H14N6. The number of fused-ring (bicyclic) bond motifs is 2. The fourth-order valence-electron chi connectivity index (χ4n) is 2.18.